The molecule has 0 spiro atoms. The van der Waals surface area contributed by atoms with E-state index in [1.165, 1.54) is 0 Å². The van der Waals surface area contributed by atoms with Crippen LogP contribution >= 0.6 is 15.9 Å². The van der Waals surface area contributed by atoms with Crippen LogP contribution in [0, 0.1) is 0 Å². The number of benzene rings is 3. The molecule has 0 fully saturated rings. The van der Waals surface area contributed by atoms with E-state index in [-0.39, 0.29) is 5.97 Å². The van der Waals surface area contributed by atoms with Crippen LogP contribution in [0.1, 0.15) is 22.8 Å². The Hall–Kier alpha value is -2.33. The van der Waals surface area contributed by atoms with Crippen molar-refractivity contribution in [3.63, 3.8) is 0 Å². The van der Waals surface area contributed by atoms with Gasteiger partial charge < -0.3 is 9.47 Å². The van der Waals surface area contributed by atoms with Crippen molar-refractivity contribution in [1.82, 2.24) is 0 Å². The molecule has 0 heterocycles. The molecule has 3 rings (SSSR count). The number of halogens is 1. The number of rotatable bonds is 5. The number of hydrogen-bond donors (Lipinski definition) is 0. The van der Waals surface area contributed by atoms with Crippen molar-refractivity contribution in [3.8, 4) is 5.75 Å². The van der Waals surface area contributed by atoms with Gasteiger partial charge in [-0.2, -0.15) is 0 Å². The fraction of sp³-hybridized carbons (Fsp3) is 0.150. The minimum absolute atomic E-state index is 0.332. The molecule has 0 aromatic heterocycles. The summed E-state index contributed by atoms with van der Waals surface area (Å²) >= 11 is 3.53. The second-order valence-electron chi connectivity index (χ2n) is 5.28. The second kappa shape index (κ2) is 7.49. The van der Waals surface area contributed by atoms with E-state index in [4.69, 9.17) is 9.47 Å². The average Bonchev–Trinajstić information content (AvgIpc) is 2.62. The van der Waals surface area contributed by atoms with Crippen LogP contribution in [0.25, 0.3) is 10.8 Å². The van der Waals surface area contributed by atoms with Crippen LogP contribution in [0.15, 0.2) is 65.1 Å². The van der Waals surface area contributed by atoms with Gasteiger partial charge in [-0.15, -0.1) is 0 Å². The first-order valence-electron chi connectivity index (χ1n) is 7.75. The topological polar surface area (TPSA) is 35.5 Å². The predicted octanol–water partition coefficient (Wildman–Crippen LogP) is 5.36. The van der Waals surface area contributed by atoms with E-state index in [1.54, 1.807) is 13.0 Å². The Labute approximate surface area is 149 Å². The standard InChI is InChI=1S/C20H17BrO3/c1-2-23-20(22)17-12-18(24-13-14-8-4-3-5-9-14)15-10-6-7-11-16(15)19(17)21/h3-12H,2,13H2,1H3. The van der Waals surface area contributed by atoms with Crippen LogP contribution in [0.4, 0.5) is 0 Å². The third kappa shape index (κ3) is 3.44. The van der Waals surface area contributed by atoms with Crippen LogP contribution in [0.2, 0.25) is 0 Å². The maximum atomic E-state index is 12.2. The molecule has 0 saturated carbocycles. The average molecular weight is 385 g/mol. The first-order chi connectivity index (χ1) is 11.7. The molecule has 0 N–H and O–H groups in total. The third-order valence-corrected chi connectivity index (χ3v) is 4.53. The maximum absolute atomic E-state index is 12.2. The van der Waals surface area contributed by atoms with Crippen LogP contribution in [-0.2, 0) is 11.3 Å². The molecule has 0 radical (unpaired) electrons. The normalized spacial score (nSPS) is 10.6. The lowest BCUT2D eigenvalue weighted by atomic mass is 10.1. The van der Waals surface area contributed by atoms with E-state index in [0.717, 1.165) is 20.8 Å². The molecule has 122 valence electrons. The Morgan fingerprint density at radius 2 is 1.67 bits per heavy atom. The fourth-order valence-corrected chi connectivity index (χ4v) is 3.14. The molecule has 3 aromatic carbocycles. The number of esters is 1. The number of carbonyl (C=O) groups excluding carboxylic acids is 1. The molecule has 0 atom stereocenters. The highest BCUT2D eigenvalue weighted by Gasteiger charge is 2.17. The minimum atomic E-state index is -0.361. The number of ether oxygens (including phenoxy) is 2. The SMILES string of the molecule is CCOC(=O)c1cc(OCc2ccccc2)c2ccccc2c1Br. The molecular formula is C20H17BrO3. The van der Waals surface area contributed by atoms with Gasteiger partial charge in [0.25, 0.3) is 0 Å². The van der Waals surface area contributed by atoms with Gasteiger partial charge in [0.2, 0.25) is 0 Å². The van der Waals surface area contributed by atoms with Crippen LogP contribution in [-0.4, -0.2) is 12.6 Å². The molecule has 0 amide bonds. The zero-order valence-electron chi connectivity index (χ0n) is 13.3. The van der Waals surface area contributed by atoms with E-state index in [0.29, 0.717) is 24.5 Å². The first kappa shape index (κ1) is 16.5. The smallest absolute Gasteiger partial charge is 0.339 e. The monoisotopic (exact) mass is 384 g/mol. The Balaban J connectivity index is 2.02. The molecule has 0 aliphatic heterocycles. The van der Waals surface area contributed by atoms with Gasteiger partial charge in [-0.1, -0.05) is 54.6 Å². The van der Waals surface area contributed by atoms with Gasteiger partial charge in [-0.05, 0) is 34.5 Å². The van der Waals surface area contributed by atoms with Crippen LogP contribution in [0.5, 0.6) is 5.75 Å². The highest BCUT2D eigenvalue weighted by atomic mass is 79.9. The van der Waals surface area contributed by atoms with Gasteiger partial charge in [0.15, 0.2) is 0 Å². The molecule has 0 aliphatic rings. The third-order valence-electron chi connectivity index (χ3n) is 3.67. The quantitative estimate of drug-likeness (QED) is 0.555. The van der Waals surface area contributed by atoms with Crippen LogP contribution < -0.4 is 4.74 Å². The fourth-order valence-electron chi connectivity index (χ4n) is 2.52. The largest absolute Gasteiger partial charge is 0.488 e. The van der Waals surface area contributed by atoms with Crippen molar-refractivity contribution in [1.29, 1.82) is 0 Å². The van der Waals surface area contributed by atoms with Crippen molar-refractivity contribution in [2.24, 2.45) is 0 Å². The number of hydrogen-bond acceptors (Lipinski definition) is 3. The lowest BCUT2D eigenvalue weighted by Gasteiger charge is -2.14. The van der Waals surface area contributed by atoms with E-state index in [9.17, 15) is 4.79 Å². The highest BCUT2D eigenvalue weighted by molar-refractivity contribution is 9.10. The molecule has 24 heavy (non-hydrogen) atoms. The van der Waals surface area contributed by atoms with E-state index in [1.807, 2.05) is 54.6 Å². The van der Waals surface area contributed by atoms with Gasteiger partial charge >= 0.3 is 5.97 Å². The molecule has 0 aliphatic carbocycles. The van der Waals surface area contributed by atoms with Crippen LogP contribution in [0.3, 0.4) is 0 Å². The summed E-state index contributed by atoms with van der Waals surface area (Å²) in [5.74, 6) is 0.306. The van der Waals surface area contributed by atoms with E-state index < -0.39 is 0 Å². The molecule has 4 heteroatoms. The first-order valence-corrected chi connectivity index (χ1v) is 8.55. The van der Waals surface area contributed by atoms with E-state index in [2.05, 4.69) is 15.9 Å². The molecule has 3 aromatic rings. The second-order valence-corrected chi connectivity index (χ2v) is 6.07. The van der Waals surface area contributed by atoms with Crippen molar-refractivity contribution in [3.05, 3.63) is 76.3 Å². The Morgan fingerprint density at radius 3 is 2.38 bits per heavy atom. The summed E-state index contributed by atoms with van der Waals surface area (Å²) in [5, 5.41) is 1.87. The zero-order valence-corrected chi connectivity index (χ0v) is 14.9. The van der Waals surface area contributed by atoms with Crippen molar-refractivity contribution < 1.29 is 14.3 Å². The molecular weight excluding hydrogens is 368 g/mol. The summed E-state index contributed by atoms with van der Waals surface area (Å²) in [6.07, 6.45) is 0. The van der Waals surface area contributed by atoms with E-state index >= 15 is 0 Å². The van der Waals surface area contributed by atoms with Crippen molar-refractivity contribution >= 4 is 32.7 Å². The summed E-state index contributed by atoms with van der Waals surface area (Å²) in [6, 6.07) is 19.5. The van der Waals surface area contributed by atoms with Gasteiger partial charge in [0.1, 0.15) is 12.4 Å². The Morgan fingerprint density at radius 1 is 1.00 bits per heavy atom. The predicted molar refractivity (Wildman–Crippen MR) is 98.4 cm³/mol. The molecule has 0 saturated heterocycles. The lowest BCUT2D eigenvalue weighted by Crippen LogP contribution is -2.07. The number of fused-ring (bicyclic) bond motifs is 1. The van der Waals surface area contributed by atoms with Crippen molar-refractivity contribution in [2.75, 3.05) is 6.61 Å². The summed E-state index contributed by atoms with van der Waals surface area (Å²) in [5.41, 5.74) is 1.54. The highest BCUT2D eigenvalue weighted by Crippen LogP contribution is 2.35. The van der Waals surface area contributed by atoms with Gasteiger partial charge in [-0.25, -0.2) is 4.79 Å². The maximum Gasteiger partial charge on any atom is 0.339 e. The van der Waals surface area contributed by atoms with Gasteiger partial charge in [0.05, 0.1) is 12.2 Å². The minimum Gasteiger partial charge on any atom is -0.488 e. The summed E-state index contributed by atoms with van der Waals surface area (Å²) in [6.45, 7) is 2.56. The summed E-state index contributed by atoms with van der Waals surface area (Å²) in [4.78, 5) is 12.2. The number of carbonyl (C=O) groups is 1. The van der Waals surface area contributed by atoms with Gasteiger partial charge in [-0.3, -0.25) is 0 Å². The Kier molecular flexibility index (Phi) is 5.16. The summed E-state index contributed by atoms with van der Waals surface area (Å²) < 4.78 is 11.9. The zero-order chi connectivity index (χ0) is 16.9. The molecule has 3 nitrogen and oxygen atoms in total. The van der Waals surface area contributed by atoms with Gasteiger partial charge in [0, 0.05) is 15.2 Å². The Bertz CT molecular complexity index is 859. The lowest BCUT2D eigenvalue weighted by molar-refractivity contribution is 0.0525. The summed E-state index contributed by atoms with van der Waals surface area (Å²) in [7, 11) is 0. The van der Waals surface area contributed by atoms with Crippen molar-refractivity contribution in [2.45, 2.75) is 13.5 Å². The molecule has 0 unspecified atom stereocenters. The molecule has 0 bridgehead atoms.